The van der Waals surface area contributed by atoms with E-state index < -0.39 is 5.97 Å². The molecule has 30 heavy (non-hydrogen) atoms. The summed E-state index contributed by atoms with van der Waals surface area (Å²) in [6.07, 6.45) is 12.3. The van der Waals surface area contributed by atoms with Gasteiger partial charge in [-0.3, -0.25) is 4.79 Å². The van der Waals surface area contributed by atoms with Gasteiger partial charge in [-0.25, -0.2) is 0 Å². The van der Waals surface area contributed by atoms with Crippen molar-refractivity contribution in [2.24, 2.45) is 0 Å². The topological polar surface area (TPSA) is 69.2 Å². The molecule has 0 aliphatic heterocycles. The monoisotopic (exact) mass is 418 g/mol. The van der Waals surface area contributed by atoms with Crippen LogP contribution in [0.25, 0.3) is 0 Å². The average Bonchev–Trinajstić information content (AvgIpc) is 2.65. The number of aryl methyl sites for hydroxylation is 1. The fraction of sp³-hybridized carbons (Fsp3) is 0.680. The summed E-state index contributed by atoms with van der Waals surface area (Å²) >= 11 is 0. The Morgan fingerprint density at radius 3 is 1.93 bits per heavy atom. The second-order valence-electron chi connectivity index (χ2n) is 9.48. The fourth-order valence-electron chi connectivity index (χ4n) is 3.82. The lowest BCUT2D eigenvalue weighted by atomic mass is 10.0. The molecule has 170 valence electrons. The van der Waals surface area contributed by atoms with Crippen molar-refractivity contribution in [1.82, 2.24) is 5.32 Å². The molecule has 0 heterocycles. The number of carbonyl (C=O) groups excluding carboxylic acids is 2. The number of carboxylic acid groups (broad SMARTS) is 1. The normalized spacial score (nSPS) is 12.5. The van der Waals surface area contributed by atoms with E-state index in [9.17, 15) is 14.7 Å². The van der Waals surface area contributed by atoms with Crippen LogP contribution in [-0.2, 0) is 16.0 Å². The quantitative estimate of drug-likeness (QED) is 0.311. The van der Waals surface area contributed by atoms with E-state index in [1.807, 2.05) is 21.1 Å². The first-order valence-electron chi connectivity index (χ1n) is 11.6. The van der Waals surface area contributed by atoms with Crippen LogP contribution in [0.3, 0.4) is 0 Å². The molecule has 0 bridgehead atoms. The SMILES string of the molecule is C[N+](C)(C)C[C@@H](CC(=O)[O-])NC(=O)CCCCCCCCCCCc1ccccc1. The summed E-state index contributed by atoms with van der Waals surface area (Å²) in [6, 6.07) is 10.3. The molecule has 0 spiro atoms. The van der Waals surface area contributed by atoms with Crippen LogP contribution < -0.4 is 10.4 Å². The van der Waals surface area contributed by atoms with Gasteiger partial charge in [-0.15, -0.1) is 0 Å². The molecule has 0 radical (unpaired) electrons. The van der Waals surface area contributed by atoms with E-state index in [0.29, 0.717) is 17.4 Å². The predicted octanol–water partition coefficient (Wildman–Crippen LogP) is 3.46. The van der Waals surface area contributed by atoms with E-state index >= 15 is 0 Å². The predicted molar refractivity (Wildman–Crippen MR) is 121 cm³/mol. The fourth-order valence-corrected chi connectivity index (χ4v) is 3.82. The van der Waals surface area contributed by atoms with Crippen molar-refractivity contribution < 1.29 is 19.2 Å². The van der Waals surface area contributed by atoms with Crippen LogP contribution in [0.2, 0.25) is 0 Å². The highest BCUT2D eigenvalue weighted by molar-refractivity contribution is 5.77. The maximum absolute atomic E-state index is 12.1. The minimum absolute atomic E-state index is 0.0480. The molecule has 5 nitrogen and oxygen atoms in total. The molecule has 1 N–H and O–H groups in total. The molecule has 0 aliphatic carbocycles. The molecule has 1 atom stereocenters. The number of likely N-dealkylation sites (N-methyl/N-ethyl adjacent to an activating group) is 1. The first kappa shape index (κ1) is 26.2. The molecule has 1 amide bonds. The number of nitrogens with zero attached hydrogens (tertiary/aromatic N) is 1. The molecular formula is C25H42N2O3. The molecule has 0 fully saturated rings. The summed E-state index contributed by atoms with van der Waals surface area (Å²) in [7, 11) is 5.95. The lowest BCUT2D eigenvalue weighted by Crippen LogP contribution is -2.50. The third kappa shape index (κ3) is 15.0. The number of aliphatic carboxylic acids is 1. The summed E-state index contributed by atoms with van der Waals surface area (Å²) in [4.78, 5) is 23.0. The number of hydrogen-bond acceptors (Lipinski definition) is 3. The summed E-state index contributed by atoms with van der Waals surface area (Å²) in [6.45, 7) is 0.574. The standard InChI is InChI=1S/C25H42N2O3/c1-27(2,3)21-23(20-25(29)30)26-24(28)19-15-10-8-6-4-5-7-9-12-16-22-17-13-11-14-18-22/h11,13-14,17-18,23H,4-10,12,15-16,19-21H2,1-3H3,(H-,26,28,29,30)/t23-/m1/s1. The Labute approximate surface area is 183 Å². The van der Waals surface area contributed by atoms with E-state index in [2.05, 4.69) is 35.6 Å². The van der Waals surface area contributed by atoms with Gasteiger partial charge in [0.25, 0.3) is 0 Å². The Hall–Kier alpha value is -1.88. The van der Waals surface area contributed by atoms with Gasteiger partial charge in [0.05, 0.1) is 33.7 Å². The largest absolute Gasteiger partial charge is 0.550 e. The van der Waals surface area contributed by atoms with Crippen molar-refractivity contribution >= 4 is 11.9 Å². The van der Waals surface area contributed by atoms with Crippen LogP contribution in [0.15, 0.2) is 30.3 Å². The zero-order valence-corrected chi connectivity index (χ0v) is 19.3. The summed E-state index contributed by atoms with van der Waals surface area (Å²) in [5.41, 5.74) is 1.44. The van der Waals surface area contributed by atoms with Crippen LogP contribution in [0, 0.1) is 0 Å². The van der Waals surface area contributed by atoms with Crippen molar-refractivity contribution in [3.63, 3.8) is 0 Å². The smallest absolute Gasteiger partial charge is 0.220 e. The minimum Gasteiger partial charge on any atom is -0.550 e. The Morgan fingerprint density at radius 1 is 0.867 bits per heavy atom. The molecular weight excluding hydrogens is 376 g/mol. The van der Waals surface area contributed by atoms with Gasteiger partial charge in [-0.2, -0.15) is 0 Å². The molecule has 0 aliphatic rings. The highest BCUT2D eigenvalue weighted by atomic mass is 16.4. The number of carbonyl (C=O) groups is 2. The lowest BCUT2D eigenvalue weighted by Gasteiger charge is -2.30. The van der Waals surface area contributed by atoms with Crippen molar-refractivity contribution in [2.75, 3.05) is 27.7 Å². The Morgan fingerprint density at radius 2 is 1.40 bits per heavy atom. The number of hydrogen-bond donors (Lipinski definition) is 1. The van der Waals surface area contributed by atoms with E-state index in [-0.39, 0.29) is 18.4 Å². The Bertz CT molecular complexity index is 596. The van der Waals surface area contributed by atoms with Gasteiger partial charge >= 0.3 is 0 Å². The van der Waals surface area contributed by atoms with Gasteiger partial charge in [0.15, 0.2) is 0 Å². The van der Waals surface area contributed by atoms with Gasteiger partial charge in [0.2, 0.25) is 5.91 Å². The molecule has 5 heteroatoms. The van der Waals surface area contributed by atoms with Gasteiger partial charge in [0, 0.05) is 18.8 Å². The first-order chi connectivity index (χ1) is 14.3. The van der Waals surface area contributed by atoms with Crippen LogP contribution in [0.5, 0.6) is 0 Å². The number of quaternary nitrogens is 1. The zero-order valence-electron chi connectivity index (χ0n) is 19.3. The maximum Gasteiger partial charge on any atom is 0.220 e. The van der Waals surface area contributed by atoms with Crippen molar-refractivity contribution in [1.29, 1.82) is 0 Å². The first-order valence-corrected chi connectivity index (χ1v) is 11.6. The summed E-state index contributed by atoms with van der Waals surface area (Å²) in [5, 5.41) is 13.8. The lowest BCUT2D eigenvalue weighted by molar-refractivity contribution is -0.871. The maximum atomic E-state index is 12.1. The van der Waals surface area contributed by atoms with Crippen molar-refractivity contribution in [3.05, 3.63) is 35.9 Å². The van der Waals surface area contributed by atoms with Gasteiger partial charge in [0.1, 0.15) is 0 Å². The van der Waals surface area contributed by atoms with E-state index in [1.165, 1.54) is 56.9 Å². The van der Waals surface area contributed by atoms with Crippen molar-refractivity contribution in [2.45, 2.75) is 83.1 Å². The van der Waals surface area contributed by atoms with Gasteiger partial charge in [-0.05, 0) is 24.8 Å². The van der Waals surface area contributed by atoms with Crippen LogP contribution in [0.1, 0.15) is 76.2 Å². The van der Waals surface area contributed by atoms with Gasteiger partial charge < -0.3 is 19.7 Å². The van der Waals surface area contributed by atoms with Crippen LogP contribution >= 0.6 is 0 Å². The average molecular weight is 419 g/mol. The molecule has 0 saturated heterocycles. The van der Waals surface area contributed by atoms with E-state index in [0.717, 1.165) is 12.8 Å². The second kappa shape index (κ2) is 15.0. The number of unbranched alkanes of at least 4 members (excludes halogenated alkanes) is 8. The van der Waals surface area contributed by atoms with Crippen LogP contribution in [-0.4, -0.2) is 50.1 Å². The highest BCUT2D eigenvalue weighted by Gasteiger charge is 2.20. The number of rotatable bonds is 17. The summed E-state index contributed by atoms with van der Waals surface area (Å²) in [5.74, 6) is -1.16. The number of amides is 1. The van der Waals surface area contributed by atoms with Crippen LogP contribution in [0.4, 0.5) is 0 Å². The van der Waals surface area contributed by atoms with E-state index in [1.54, 1.807) is 0 Å². The number of carboxylic acids is 1. The molecule has 1 rings (SSSR count). The van der Waals surface area contributed by atoms with Gasteiger partial charge in [-0.1, -0.05) is 75.3 Å². The number of benzene rings is 1. The highest BCUT2D eigenvalue weighted by Crippen LogP contribution is 2.12. The third-order valence-corrected chi connectivity index (χ3v) is 5.26. The molecule has 1 aromatic rings. The second-order valence-corrected chi connectivity index (χ2v) is 9.48. The third-order valence-electron chi connectivity index (χ3n) is 5.26. The zero-order chi connectivity index (χ0) is 22.2. The molecule has 1 aromatic carbocycles. The molecule has 0 aromatic heterocycles. The Balaban J connectivity index is 1.99. The summed E-state index contributed by atoms with van der Waals surface area (Å²) < 4.78 is 0.602. The number of nitrogens with one attached hydrogen (secondary N) is 1. The minimum atomic E-state index is -1.12. The van der Waals surface area contributed by atoms with Crippen molar-refractivity contribution in [3.8, 4) is 0 Å². The molecule has 0 unspecified atom stereocenters. The van der Waals surface area contributed by atoms with E-state index in [4.69, 9.17) is 0 Å². The Kier molecular flexibility index (Phi) is 13.1. The molecule has 0 saturated carbocycles.